The summed E-state index contributed by atoms with van der Waals surface area (Å²) in [6.45, 7) is 0. The van der Waals surface area contributed by atoms with E-state index in [-0.39, 0.29) is 29.1 Å². The van der Waals surface area contributed by atoms with Crippen LogP contribution in [0.3, 0.4) is 0 Å². The zero-order valence-corrected chi connectivity index (χ0v) is 15.1. The summed E-state index contributed by atoms with van der Waals surface area (Å²) in [5.41, 5.74) is 1.88. The van der Waals surface area contributed by atoms with Crippen LogP contribution in [0.2, 0.25) is 0 Å². The van der Waals surface area contributed by atoms with Gasteiger partial charge >= 0.3 is 5.97 Å². The Morgan fingerprint density at radius 3 is 2.62 bits per heavy atom. The number of nitrogens with one attached hydrogen (secondary N) is 1. The molecule has 3 atom stereocenters. The highest BCUT2D eigenvalue weighted by Crippen LogP contribution is 2.53. The molecule has 0 amide bonds. The third kappa shape index (κ3) is 2.59. The summed E-state index contributed by atoms with van der Waals surface area (Å²) in [6, 6.07) is 10.3. The van der Waals surface area contributed by atoms with Crippen LogP contribution in [-0.4, -0.2) is 16.0 Å². The van der Waals surface area contributed by atoms with E-state index >= 15 is 0 Å². The van der Waals surface area contributed by atoms with Gasteiger partial charge in [-0.3, -0.25) is 10.1 Å². The molecule has 4 rings (SSSR count). The van der Waals surface area contributed by atoms with E-state index in [1.165, 1.54) is 12.1 Å². The molecule has 0 unspecified atom stereocenters. The van der Waals surface area contributed by atoms with Crippen molar-refractivity contribution in [3.63, 3.8) is 0 Å². The van der Waals surface area contributed by atoms with Gasteiger partial charge in [-0.1, -0.05) is 40.2 Å². The quantitative estimate of drug-likeness (QED) is 0.424. The molecule has 6 nitrogen and oxygen atoms in total. The lowest BCUT2D eigenvalue weighted by Gasteiger charge is -2.37. The van der Waals surface area contributed by atoms with Crippen molar-refractivity contribution < 1.29 is 14.8 Å². The highest BCUT2D eigenvalue weighted by Gasteiger charge is 2.43. The Labute approximate surface area is 157 Å². The first-order valence-electron chi connectivity index (χ1n) is 8.20. The van der Waals surface area contributed by atoms with Crippen LogP contribution >= 0.6 is 15.9 Å². The number of aromatic carboxylic acids is 1. The summed E-state index contributed by atoms with van der Waals surface area (Å²) >= 11 is 3.42. The van der Waals surface area contributed by atoms with Crippen molar-refractivity contribution in [2.24, 2.45) is 5.92 Å². The van der Waals surface area contributed by atoms with Crippen LogP contribution in [0.5, 0.6) is 0 Å². The summed E-state index contributed by atoms with van der Waals surface area (Å²) in [7, 11) is 0. The van der Waals surface area contributed by atoms with Crippen LogP contribution in [-0.2, 0) is 0 Å². The van der Waals surface area contributed by atoms with Crippen LogP contribution in [0.1, 0.15) is 39.9 Å². The van der Waals surface area contributed by atoms with Gasteiger partial charge in [-0.15, -0.1) is 0 Å². The lowest BCUT2D eigenvalue weighted by atomic mass is 9.75. The average Bonchev–Trinajstić information content (AvgIpc) is 3.10. The van der Waals surface area contributed by atoms with E-state index in [1.807, 2.05) is 36.4 Å². The fourth-order valence-corrected chi connectivity index (χ4v) is 4.29. The molecule has 2 N–H and O–H groups in total. The van der Waals surface area contributed by atoms with Crippen molar-refractivity contribution in [2.75, 3.05) is 5.32 Å². The zero-order valence-electron chi connectivity index (χ0n) is 13.6. The SMILES string of the molecule is O=C(O)c1ccc([N+](=O)[O-])c2c1N[C@@H](c1ccc(Br)cc1)[C@H]1CC=C[C@H]21. The van der Waals surface area contributed by atoms with Crippen molar-refractivity contribution >= 4 is 33.3 Å². The second-order valence-electron chi connectivity index (χ2n) is 6.51. The maximum absolute atomic E-state index is 11.7. The number of nitrogens with zero attached hydrogens (tertiary/aromatic N) is 1. The maximum atomic E-state index is 11.7. The maximum Gasteiger partial charge on any atom is 0.337 e. The second-order valence-corrected chi connectivity index (χ2v) is 7.43. The summed E-state index contributed by atoms with van der Waals surface area (Å²) in [6.07, 6.45) is 4.77. The first-order valence-corrected chi connectivity index (χ1v) is 9.00. The summed E-state index contributed by atoms with van der Waals surface area (Å²) < 4.78 is 0.959. The molecule has 1 heterocycles. The molecule has 0 bridgehead atoms. The van der Waals surface area contributed by atoms with Gasteiger partial charge in [0, 0.05) is 16.5 Å². The fourth-order valence-electron chi connectivity index (χ4n) is 4.03. The second kappa shape index (κ2) is 6.25. The van der Waals surface area contributed by atoms with Gasteiger partial charge in [0.1, 0.15) is 0 Å². The van der Waals surface area contributed by atoms with E-state index in [1.54, 1.807) is 0 Å². The number of carbonyl (C=O) groups is 1. The average molecular weight is 415 g/mol. The van der Waals surface area contributed by atoms with E-state index < -0.39 is 10.9 Å². The van der Waals surface area contributed by atoms with Crippen molar-refractivity contribution in [2.45, 2.75) is 18.4 Å². The number of fused-ring (bicyclic) bond motifs is 3. The minimum absolute atomic E-state index is 0.0340. The molecule has 2 aliphatic rings. The van der Waals surface area contributed by atoms with Crippen molar-refractivity contribution in [1.82, 2.24) is 0 Å². The molecule has 0 saturated carbocycles. The van der Waals surface area contributed by atoms with E-state index in [2.05, 4.69) is 21.2 Å². The Morgan fingerprint density at radius 2 is 1.96 bits per heavy atom. The molecule has 0 aromatic heterocycles. The van der Waals surface area contributed by atoms with Gasteiger partial charge in [-0.05, 0) is 36.1 Å². The Bertz CT molecular complexity index is 939. The van der Waals surface area contributed by atoms with Gasteiger partial charge in [-0.25, -0.2) is 4.79 Å². The summed E-state index contributed by atoms with van der Waals surface area (Å²) in [4.78, 5) is 22.8. The number of nitro benzene ring substituents is 1. The number of carboxylic acid groups (broad SMARTS) is 1. The molecule has 1 aliphatic heterocycles. The number of hydrogen-bond acceptors (Lipinski definition) is 4. The van der Waals surface area contributed by atoms with E-state index in [0.717, 1.165) is 16.5 Å². The molecular formula is C19H15BrN2O4. The molecule has 26 heavy (non-hydrogen) atoms. The monoisotopic (exact) mass is 414 g/mol. The van der Waals surface area contributed by atoms with Gasteiger partial charge in [0.25, 0.3) is 5.69 Å². The number of benzene rings is 2. The largest absolute Gasteiger partial charge is 0.478 e. The number of allylic oxidation sites excluding steroid dienone is 2. The highest BCUT2D eigenvalue weighted by atomic mass is 79.9. The smallest absolute Gasteiger partial charge is 0.337 e. The molecule has 0 spiro atoms. The van der Waals surface area contributed by atoms with Crippen LogP contribution in [0, 0.1) is 16.0 Å². The van der Waals surface area contributed by atoms with Gasteiger partial charge in [0.2, 0.25) is 0 Å². The van der Waals surface area contributed by atoms with Crippen LogP contribution in [0.25, 0.3) is 0 Å². The third-order valence-corrected chi connectivity index (χ3v) is 5.68. The van der Waals surface area contributed by atoms with Gasteiger partial charge in [0.15, 0.2) is 0 Å². The standard InChI is InChI=1S/C19H15BrN2O4/c20-11-6-4-10(5-7-11)17-13-3-1-2-12(13)16-15(22(25)26)9-8-14(19(23)24)18(16)21-17/h1-2,4-9,12-13,17,21H,3H2,(H,23,24)/t12-,13-,17-/m0/s1. The molecule has 1 aliphatic carbocycles. The Kier molecular flexibility index (Phi) is 4.03. The van der Waals surface area contributed by atoms with Crippen molar-refractivity contribution in [3.05, 3.63) is 79.8 Å². The van der Waals surface area contributed by atoms with Crippen molar-refractivity contribution in [3.8, 4) is 0 Å². The summed E-state index contributed by atoms with van der Waals surface area (Å²) in [5.74, 6) is -1.18. The van der Waals surface area contributed by atoms with Crippen LogP contribution < -0.4 is 5.32 Å². The normalized spacial score (nSPS) is 23.0. The Morgan fingerprint density at radius 1 is 1.23 bits per heavy atom. The molecule has 7 heteroatoms. The molecule has 132 valence electrons. The van der Waals surface area contributed by atoms with Crippen molar-refractivity contribution in [1.29, 1.82) is 0 Å². The molecule has 0 radical (unpaired) electrons. The van der Waals surface area contributed by atoms with E-state index in [0.29, 0.717) is 11.3 Å². The summed E-state index contributed by atoms with van der Waals surface area (Å²) in [5, 5.41) is 24.4. The topological polar surface area (TPSA) is 92.5 Å². The fraction of sp³-hybridized carbons (Fsp3) is 0.211. The van der Waals surface area contributed by atoms with Gasteiger partial charge in [0.05, 0.1) is 27.8 Å². The van der Waals surface area contributed by atoms with Gasteiger partial charge in [-0.2, -0.15) is 0 Å². The lowest BCUT2D eigenvalue weighted by molar-refractivity contribution is -0.385. The molecular weight excluding hydrogens is 400 g/mol. The predicted octanol–water partition coefficient (Wildman–Crippen LogP) is 4.88. The minimum atomic E-state index is -1.10. The first kappa shape index (κ1) is 16.8. The number of rotatable bonds is 3. The molecule has 2 aromatic rings. The van der Waals surface area contributed by atoms with E-state index in [9.17, 15) is 20.0 Å². The van der Waals surface area contributed by atoms with E-state index in [4.69, 9.17) is 0 Å². The molecule has 0 fully saturated rings. The molecule has 2 aromatic carbocycles. The number of anilines is 1. The zero-order chi connectivity index (χ0) is 18.4. The number of carboxylic acids is 1. The van der Waals surface area contributed by atoms with Crippen LogP contribution in [0.4, 0.5) is 11.4 Å². The highest BCUT2D eigenvalue weighted by molar-refractivity contribution is 9.10. The Balaban J connectivity index is 1.91. The first-order chi connectivity index (χ1) is 12.5. The Hall–Kier alpha value is -2.67. The predicted molar refractivity (Wildman–Crippen MR) is 101 cm³/mol. The number of nitro groups is 1. The molecule has 0 saturated heterocycles. The third-order valence-electron chi connectivity index (χ3n) is 5.15. The minimum Gasteiger partial charge on any atom is -0.478 e. The number of halogens is 1. The number of hydrogen-bond donors (Lipinski definition) is 2. The van der Waals surface area contributed by atoms with Gasteiger partial charge < -0.3 is 10.4 Å². The lowest BCUT2D eigenvalue weighted by Crippen LogP contribution is -2.31. The van der Waals surface area contributed by atoms with Crippen LogP contribution in [0.15, 0.2) is 53.0 Å².